The number of nitrogens with one attached hydrogen (secondary N) is 3. The molecule has 0 bridgehead atoms. The third-order valence-electron chi connectivity index (χ3n) is 7.62. The number of hydrogen-bond donors (Lipinski definition) is 3. The van der Waals surface area contributed by atoms with E-state index in [-0.39, 0.29) is 42.3 Å². The molecule has 4 heterocycles. The van der Waals surface area contributed by atoms with Crippen LogP contribution in [0.5, 0.6) is 0 Å². The van der Waals surface area contributed by atoms with E-state index in [1.807, 2.05) is 12.1 Å². The smallest absolute Gasteiger partial charge is 0.320 e. The summed E-state index contributed by atoms with van der Waals surface area (Å²) in [6.07, 6.45) is 2.04. The fourth-order valence-corrected chi connectivity index (χ4v) is 6.94. The molecule has 41 heavy (non-hydrogen) atoms. The average Bonchev–Trinajstić information content (AvgIpc) is 3.65. The predicted molar refractivity (Wildman–Crippen MR) is 150 cm³/mol. The number of carbonyl (C=O) groups is 4. The second-order valence-electron chi connectivity index (χ2n) is 10.9. The normalized spacial score (nSPS) is 20.9. The van der Waals surface area contributed by atoms with Crippen molar-refractivity contribution < 1.29 is 28.3 Å². The number of urea groups is 1. The average molecular weight is 600 g/mol. The van der Waals surface area contributed by atoms with Crippen molar-refractivity contribution in [3.63, 3.8) is 0 Å². The number of fused-ring (bicyclic) bond motifs is 2. The lowest BCUT2D eigenvalue weighted by Crippen LogP contribution is -2.52. The van der Waals surface area contributed by atoms with Crippen LogP contribution in [0, 0.1) is 5.82 Å². The lowest BCUT2D eigenvalue weighted by atomic mass is 10.0. The molecule has 2 saturated heterocycles. The number of halogens is 2. The third-order valence-corrected chi connectivity index (χ3v) is 9.17. The Labute approximate surface area is 243 Å². The maximum atomic E-state index is 15.5. The summed E-state index contributed by atoms with van der Waals surface area (Å²) < 4.78 is 22.3. The summed E-state index contributed by atoms with van der Waals surface area (Å²) in [6.45, 7) is 4.14. The fraction of sp³-hybridized carbons (Fsp3) is 0.393. The molecule has 3 aromatic rings. The van der Waals surface area contributed by atoms with Crippen LogP contribution in [0.25, 0.3) is 10.2 Å². The van der Waals surface area contributed by atoms with Crippen LogP contribution in [0.1, 0.15) is 72.1 Å². The number of thiazole rings is 1. The molecule has 2 aromatic carbocycles. The predicted octanol–water partition coefficient (Wildman–Crippen LogP) is 4.76. The van der Waals surface area contributed by atoms with E-state index in [4.69, 9.17) is 21.3 Å². The largest absolute Gasteiger partial charge is 0.373 e. The third kappa shape index (κ3) is 5.04. The molecule has 2 atom stereocenters. The van der Waals surface area contributed by atoms with Gasteiger partial charge in [0.15, 0.2) is 5.82 Å². The summed E-state index contributed by atoms with van der Waals surface area (Å²) in [5.41, 5.74) is 0.891. The molecule has 0 saturated carbocycles. The Kier molecular flexibility index (Phi) is 6.95. The molecule has 0 spiro atoms. The molecular formula is C28H27ClFN5O5S. The monoisotopic (exact) mass is 599 g/mol. The van der Waals surface area contributed by atoms with Crippen LogP contribution in [0.3, 0.4) is 0 Å². The van der Waals surface area contributed by atoms with E-state index in [0.717, 1.165) is 28.6 Å². The highest BCUT2D eigenvalue weighted by molar-refractivity contribution is 7.18. The van der Waals surface area contributed by atoms with Crippen molar-refractivity contribution in [1.29, 1.82) is 0 Å². The number of imide groups is 1. The zero-order valence-electron chi connectivity index (χ0n) is 22.3. The molecule has 0 aliphatic carbocycles. The first kappa shape index (κ1) is 27.6. The SMILES string of the molecule is CC(C)(NC(=O)Nc1ccc2c(c1F)CN(C1CCC(=O)NC1=O)C2=O)c1nc2c([C@@H]3CCCO3)cc(Cl)cc2s1. The fourth-order valence-electron chi connectivity index (χ4n) is 5.55. The van der Waals surface area contributed by atoms with Crippen LogP contribution in [-0.4, -0.2) is 46.3 Å². The van der Waals surface area contributed by atoms with Gasteiger partial charge < -0.3 is 20.3 Å². The molecular weight excluding hydrogens is 573 g/mol. The molecule has 6 rings (SSSR count). The Bertz CT molecular complexity index is 1620. The van der Waals surface area contributed by atoms with Gasteiger partial charge in [0.05, 0.1) is 34.1 Å². The highest BCUT2D eigenvalue weighted by Gasteiger charge is 2.40. The second-order valence-corrected chi connectivity index (χ2v) is 12.4. The van der Waals surface area contributed by atoms with Gasteiger partial charge in [-0.2, -0.15) is 0 Å². The number of anilines is 1. The van der Waals surface area contributed by atoms with Crippen molar-refractivity contribution in [2.75, 3.05) is 11.9 Å². The van der Waals surface area contributed by atoms with Crippen LogP contribution in [-0.2, 0) is 26.4 Å². The van der Waals surface area contributed by atoms with Crippen molar-refractivity contribution >= 4 is 62.6 Å². The topological polar surface area (TPSA) is 130 Å². The number of piperidine rings is 1. The summed E-state index contributed by atoms with van der Waals surface area (Å²) in [5.74, 6) is -2.24. The van der Waals surface area contributed by atoms with Gasteiger partial charge in [0.2, 0.25) is 11.8 Å². The van der Waals surface area contributed by atoms with Crippen LogP contribution in [0.4, 0.5) is 14.9 Å². The standard InChI is InChI=1S/C28H27ClFN5O5S/c1-28(2,26-33-23-15(19-4-3-9-40-19)10-13(29)11-20(23)41-26)34-27(39)31-17-6-5-14-16(22(17)30)12-35(25(14)38)18-7-8-21(36)32-24(18)37/h5-6,10-11,18-19H,3-4,7-9,12H2,1-2H3,(H2,31,34,39)(H,32,36,37)/t18?,19-/m0/s1. The number of aromatic nitrogens is 1. The molecule has 0 radical (unpaired) electrons. The lowest BCUT2D eigenvalue weighted by Gasteiger charge is -2.29. The van der Waals surface area contributed by atoms with E-state index in [1.165, 1.54) is 28.4 Å². The van der Waals surface area contributed by atoms with Crippen LogP contribution in [0.15, 0.2) is 24.3 Å². The van der Waals surface area contributed by atoms with E-state index < -0.39 is 41.2 Å². The highest BCUT2D eigenvalue weighted by Crippen LogP contribution is 2.39. The van der Waals surface area contributed by atoms with Gasteiger partial charge in [-0.15, -0.1) is 11.3 Å². The number of amides is 5. The molecule has 214 valence electrons. The summed E-state index contributed by atoms with van der Waals surface area (Å²) in [7, 11) is 0. The zero-order chi connectivity index (χ0) is 29.1. The molecule has 10 nitrogen and oxygen atoms in total. The minimum Gasteiger partial charge on any atom is -0.373 e. The van der Waals surface area contributed by atoms with Crippen LogP contribution < -0.4 is 16.0 Å². The van der Waals surface area contributed by atoms with Gasteiger partial charge in [0.25, 0.3) is 5.91 Å². The second kappa shape index (κ2) is 10.3. The van der Waals surface area contributed by atoms with Gasteiger partial charge in [-0.1, -0.05) is 11.6 Å². The molecule has 1 aromatic heterocycles. The number of carbonyl (C=O) groups excluding carboxylic acids is 4. The quantitative estimate of drug-likeness (QED) is 0.363. The minimum absolute atomic E-state index is 0.0777. The molecule has 3 aliphatic rings. The first-order valence-corrected chi connectivity index (χ1v) is 14.5. The van der Waals surface area contributed by atoms with Crippen molar-refractivity contribution in [3.8, 4) is 0 Å². The first-order chi connectivity index (χ1) is 19.5. The number of nitrogens with zero attached hydrogens (tertiary/aromatic N) is 2. The minimum atomic E-state index is -0.917. The number of benzene rings is 2. The van der Waals surface area contributed by atoms with E-state index in [1.54, 1.807) is 13.8 Å². The zero-order valence-corrected chi connectivity index (χ0v) is 23.9. The van der Waals surface area contributed by atoms with E-state index in [2.05, 4.69) is 16.0 Å². The van der Waals surface area contributed by atoms with Crippen LogP contribution in [0.2, 0.25) is 5.02 Å². The van der Waals surface area contributed by atoms with E-state index in [9.17, 15) is 19.2 Å². The lowest BCUT2D eigenvalue weighted by molar-refractivity contribution is -0.136. The first-order valence-electron chi connectivity index (χ1n) is 13.3. The maximum absolute atomic E-state index is 15.5. The molecule has 3 N–H and O–H groups in total. The van der Waals surface area contributed by atoms with E-state index >= 15 is 4.39 Å². The van der Waals surface area contributed by atoms with Gasteiger partial charge in [0.1, 0.15) is 11.0 Å². The van der Waals surface area contributed by atoms with Gasteiger partial charge in [-0.25, -0.2) is 14.2 Å². The Balaban J connectivity index is 1.19. The Morgan fingerprint density at radius 2 is 2.05 bits per heavy atom. The Morgan fingerprint density at radius 3 is 2.78 bits per heavy atom. The van der Waals surface area contributed by atoms with Gasteiger partial charge in [-0.05, 0) is 57.4 Å². The van der Waals surface area contributed by atoms with Gasteiger partial charge in [-0.3, -0.25) is 19.7 Å². The molecule has 1 unspecified atom stereocenters. The summed E-state index contributed by atoms with van der Waals surface area (Å²) in [4.78, 5) is 55.8. The van der Waals surface area contributed by atoms with Gasteiger partial charge in [0, 0.05) is 34.7 Å². The molecule has 2 fully saturated rings. The number of ether oxygens (including phenoxy) is 1. The Morgan fingerprint density at radius 1 is 1.24 bits per heavy atom. The van der Waals surface area contributed by atoms with Gasteiger partial charge >= 0.3 is 6.03 Å². The Hall–Kier alpha value is -3.61. The highest BCUT2D eigenvalue weighted by atomic mass is 35.5. The summed E-state index contributed by atoms with van der Waals surface area (Å²) in [5, 5.41) is 8.86. The summed E-state index contributed by atoms with van der Waals surface area (Å²) >= 11 is 7.79. The molecule has 5 amide bonds. The van der Waals surface area contributed by atoms with E-state index in [0.29, 0.717) is 16.6 Å². The molecule has 3 aliphatic heterocycles. The maximum Gasteiger partial charge on any atom is 0.320 e. The number of hydrogen-bond acceptors (Lipinski definition) is 7. The number of rotatable bonds is 5. The van der Waals surface area contributed by atoms with Crippen molar-refractivity contribution in [2.45, 2.75) is 63.8 Å². The van der Waals surface area contributed by atoms with Crippen molar-refractivity contribution in [2.24, 2.45) is 0 Å². The summed E-state index contributed by atoms with van der Waals surface area (Å²) in [6, 6.07) is 4.94. The van der Waals surface area contributed by atoms with Crippen LogP contribution >= 0.6 is 22.9 Å². The van der Waals surface area contributed by atoms with Crippen molar-refractivity contribution in [1.82, 2.24) is 20.5 Å². The molecule has 13 heteroatoms. The van der Waals surface area contributed by atoms with Crippen molar-refractivity contribution in [3.05, 3.63) is 56.8 Å².